The predicted octanol–water partition coefficient (Wildman–Crippen LogP) is 2.70. The summed E-state index contributed by atoms with van der Waals surface area (Å²) in [5, 5.41) is 0. The van der Waals surface area contributed by atoms with Crippen LogP contribution in [0.25, 0.3) is 0 Å². The smallest absolute Gasteiger partial charge is 0.185 e. The van der Waals surface area contributed by atoms with Gasteiger partial charge >= 0.3 is 0 Å². The minimum atomic E-state index is 0. The number of ether oxygens (including phenoxy) is 1. The molecule has 0 saturated heterocycles. The van der Waals surface area contributed by atoms with Crippen LogP contribution in [0.2, 0.25) is 0 Å². The van der Waals surface area contributed by atoms with E-state index in [1.807, 2.05) is 54.6 Å². The molecule has 2 aromatic rings. The van der Waals surface area contributed by atoms with Crippen LogP contribution in [-0.4, -0.2) is 12.5 Å². The Morgan fingerprint density at radius 3 is 2.38 bits per heavy atom. The first-order valence-corrected chi connectivity index (χ1v) is 6.55. The first-order chi connectivity index (χ1) is 9.74. The summed E-state index contributed by atoms with van der Waals surface area (Å²) in [6.45, 7) is 1.16. The van der Waals surface area contributed by atoms with Gasteiger partial charge in [0.05, 0.1) is 0 Å². The molecule has 0 heterocycles. The normalized spacial score (nSPS) is 9.52. The molecule has 4 nitrogen and oxygen atoms in total. The zero-order valence-electron chi connectivity index (χ0n) is 11.7. The zero-order chi connectivity index (χ0) is 14.2. The van der Waals surface area contributed by atoms with Crippen LogP contribution in [0, 0.1) is 0 Å². The van der Waals surface area contributed by atoms with E-state index in [0.717, 1.165) is 23.3 Å². The van der Waals surface area contributed by atoms with Crippen molar-refractivity contribution in [2.75, 3.05) is 6.54 Å². The highest BCUT2D eigenvalue weighted by Gasteiger charge is 1.98. The monoisotopic (exact) mass is 397 g/mol. The Labute approximate surface area is 142 Å². The Balaban J connectivity index is 0.00000220. The van der Waals surface area contributed by atoms with Gasteiger partial charge in [-0.3, -0.25) is 4.99 Å². The van der Waals surface area contributed by atoms with Gasteiger partial charge in [0.15, 0.2) is 5.96 Å². The van der Waals surface area contributed by atoms with E-state index in [9.17, 15) is 0 Å². The molecule has 5 heteroatoms. The van der Waals surface area contributed by atoms with Gasteiger partial charge in [-0.2, -0.15) is 0 Å². The van der Waals surface area contributed by atoms with Gasteiger partial charge in [-0.1, -0.05) is 42.5 Å². The highest BCUT2D eigenvalue weighted by Crippen LogP contribution is 2.15. The van der Waals surface area contributed by atoms with Crippen molar-refractivity contribution in [3.05, 3.63) is 65.7 Å². The van der Waals surface area contributed by atoms with Crippen molar-refractivity contribution in [3.8, 4) is 5.75 Å². The maximum atomic E-state index is 5.77. The minimum absolute atomic E-state index is 0. The molecule has 21 heavy (non-hydrogen) atoms. The number of rotatable bonds is 6. The quantitative estimate of drug-likeness (QED) is 0.447. The largest absolute Gasteiger partial charge is 0.489 e. The second-order valence-corrected chi connectivity index (χ2v) is 4.48. The van der Waals surface area contributed by atoms with Crippen molar-refractivity contribution in [2.24, 2.45) is 16.5 Å². The van der Waals surface area contributed by atoms with Gasteiger partial charge in [0.2, 0.25) is 0 Å². The molecule has 0 unspecified atom stereocenters. The lowest BCUT2D eigenvalue weighted by Crippen LogP contribution is -2.23. The molecule has 2 aromatic carbocycles. The van der Waals surface area contributed by atoms with Crippen molar-refractivity contribution in [1.82, 2.24) is 0 Å². The fraction of sp³-hybridized carbons (Fsp3) is 0.188. The van der Waals surface area contributed by atoms with Gasteiger partial charge < -0.3 is 16.2 Å². The lowest BCUT2D eigenvalue weighted by Gasteiger charge is -2.07. The standard InChI is InChI=1S/C16H19N3O.HI/c17-16(18)19-10-9-13-7-4-8-15(11-13)20-12-14-5-2-1-3-6-14;/h1-8,11H,9-10,12H2,(H4,17,18,19);1H. The number of halogens is 1. The molecule has 0 aliphatic rings. The highest BCUT2D eigenvalue weighted by atomic mass is 127. The highest BCUT2D eigenvalue weighted by molar-refractivity contribution is 14.0. The summed E-state index contributed by atoms with van der Waals surface area (Å²) in [6.07, 6.45) is 0.792. The molecule has 0 aliphatic heterocycles. The van der Waals surface area contributed by atoms with Crippen LogP contribution in [0.5, 0.6) is 5.75 Å². The van der Waals surface area contributed by atoms with Gasteiger partial charge in [0.25, 0.3) is 0 Å². The van der Waals surface area contributed by atoms with Crippen LogP contribution in [-0.2, 0) is 13.0 Å². The second-order valence-electron chi connectivity index (χ2n) is 4.48. The van der Waals surface area contributed by atoms with Crippen LogP contribution in [0.4, 0.5) is 0 Å². The van der Waals surface area contributed by atoms with E-state index >= 15 is 0 Å². The summed E-state index contributed by atoms with van der Waals surface area (Å²) in [4.78, 5) is 3.97. The Bertz CT molecular complexity index is 569. The Kier molecular flexibility index (Phi) is 7.60. The third kappa shape index (κ3) is 6.48. The van der Waals surface area contributed by atoms with Crippen molar-refractivity contribution in [3.63, 3.8) is 0 Å². The van der Waals surface area contributed by atoms with Gasteiger partial charge in [-0.25, -0.2) is 0 Å². The maximum Gasteiger partial charge on any atom is 0.185 e. The Hall–Kier alpha value is -1.76. The van der Waals surface area contributed by atoms with Crippen LogP contribution < -0.4 is 16.2 Å². The minimum Gasteiger partial charge on any atom is -0.489 e. The fourth-order valence-corrected chi connectivity index (χ4v) is 1.85. The topological polar surface area (TPSA) is 73.6 Å². The number of nitrogens with zero attached hydrogens (tertiary/aromatic N) is 1. The maximum absolute atomic E-state index is 5.77. The van der Waals surface area contributed by atoms with Gasteiger partial charge in [0, 0.05) is 6.54 Å². The van der Waals surface area contributed by atoms with E-state index in [1.165, 1.54) is 0 Å². The van der Waals surface area contributed by atoms with Crippen molar-refractivity contribution in [1.29, 1.82) is 0 Å². The molecule has 0 aromatic heterocycles. The summed E-state index contributed by atoms with van der Waals surface area (Å²) in [6, 6.07) is 18.1. The number of benzene rings is 2. The zero-order valence-corrected chi connectivity index (χ0v) is 14.1. The van der Waals surface area contributed by atoms with Crippen LogP contribution in [0.15, 0.2) is 59.6 Å². The lowest BCUT2D eigenvalue weighted by molar-refractivity contribution is 0.306. The molecule has 0 aliphatic carbocycles. The number of aliphatic imine (C=N–C) groups is 1. The molecule has 0 atom stereocenters. The number of hydrogen-bond donors (Lipinski definition) is 2. The fourth-order valence-electron chi connectivity index (χ4n) is 1.85. The summed E-state index contributed by atoms with van der Waals surface area (Å²) in [7, 11) is 0. The average molecular weight is 397 g/mol. The molecule has 0 radical (unpaired) electrons. The number of hydrogen-bond acceptors (Lipinski definition) is 2. The first-order valence-electron chi connectivity index (χ1n) is 6.55. The molecule has 0 bridgehead atoms. The van der Waals surface area contributed by atoms with Crippen molar-refractivity contribution >= 4 is 29.9 Å². The summed E-state index contributed by atoms with van der Waals surface area (Å²) in [5.41, 5.74) is 12.9. The molecule has 0 spiro atoms. The van der Waals surface area contributed by atoms with E-state index in [0.29, 0.717) is 13.2 Å². The van der Waals surface area contributed by atoms with Crippen molar-refractivity contribution < 1.29 is 4.74 Å². The second kappa shape index (κ2) is 9.23. The average Bonchev–Trinajstić information content (AvgIpc) is 2.46. The van der Waals surface area contributed by atoms with E-state index in [4.69, 9.17) is 16.2 Å². The van der Waals surface area contributed by atoms with E-state index in [-0.39, 0.29) is 29.9 Å². The molecular weight excluding hydrogens is 377 g/mol. The third-order valence-corrected chi connectivity index (χ3v) is 2.84. The van der Waals surface area contributed by atoms with E-state index < -0.39 is 0 Å². The van der Waals surface area contributed by atoms with E-state index in [1.54, 1.807) is 0 Å². The SMILES string of the molecule is I.NC(N)=NCCc1cccc(OCc2ccccc2)c1. The van der Waals surface area contributed by atoms with E-state index in [2.05, 4.69) is 4.99 Å². The summed E-state index contributed by atoms with van der Waals surface area (Å²) < 4.78 is 5.77. The lowest BCUT2D eigenvalue weighted by atomic mass is 10.1. The third-order valence-electron chi connectivity index (χ3n) is 2.84. The summed E-state index contributed by atoms with van der Waals surface area (Å²) >= 11 is 0. The Morgan fingerprint density at radius 2 is 1.67 bits per heavy atom. The molecule has 2 rings (SSSR count). The van der Waals surface area contributed by atoms with Crippen molar-refractivity contribution in [2.45, 2.75) is 13.0 Å². The van der Waals surface area contributed by atoms with Crippen LogP contribution in [0.3, 0.4) is 0 Å². The van der Waals surface area contributed by atoms with Gasteiger partial charge in [0.1, 0.15) is 12.4 Å². The number of guanidine groups is 1. The predicted molar refractivity (Wildman–Crippen MR) is 97.0 cm³/mol. The van der Waals surface area contributed by atoms with Crippen LogP contribution in [0.1, 0.15) is 11.1 Å². The molecule has 0 fully saturated rings. The molecule has 0 saturated carbocycles. The summed E-state index contributed by atoms with van der Waals surface area (Å²) in [5.74, 6) is 0.984. The molecule has 4 N–H and O–H groups in total. The molecule has 0 amide bonds. The molecular formula is C16H20IN3O. The number of nitrogens with two attached hydrogens (primary N) is 2. The van der Waals surface area contributed by atoms with Gasteiger partial charge in [-0.05, 0) is 29.7 Å². The van der Waals surface area contributed by atoms with Crippen LogP contribution >= 0.6 is 24.0 Å². The van der Waals surface area contributed by atoms with Gasteiger partial charge in [-0.15, -0.1) is 24.0 Å². The Morgan fingerprint density at radius 1 is 0.952 bits per heavy atom. The molecule has 112 valence electrons. The first kappa shape index (κ1) is 17.3.